The number of rotatable bonds is 3. The number of ether oxygens (including phenoxy) is 1. The fourth-order valence-electron chi connectivity index (χ4n) is 3.78. The average molecular weight is 401 g/mol. The molecule has 1 spiro atoms. The molecule has 0 radical (unpaired) electrons. The van der Waals surface area contributed by atoms with Gasteiger partial charge in [-0.1, -0.05) is 0 Å². The van der Waals surface area contributed by atoms with Crippen LogP contribution in [0.15, 0.2) is 47.1 Å². The fraction of sp³-hybridized carbons (Fsp3) is 0.400. The molecule has 0 aliphatic carbocycles. The number of furan rings is 1. The molecular weight excluding hydrogens is 378 g/mol. The third-order valence-corrected chi connectivity index (χ3v) is 6.88. The standard InChI is InChI=1S/C20H23N3O4S/c1-26-16-6-4-15(5-7-16)21-19(25)22-10-8-20(9-11-22)23(12-14-28-20)18(24)17-3-2-13-27-17/h2-7,13H,8-12,14H2,1H3,(H,21,25). The zero-order valence-electron chi connectivity index (χ0n) is 15.7. The molecular formula is C20H23N3O4S. The van der Waals surface area contributed by atoms with Gasteiger partial charge in [0, 0.05) is 31.1 Å². The van der Waals surface area contributed by atoms with Crippen LogP contribution in [-0.4, -0.2) is 59.1 Å². The highest BCUT2D eigenvalue weighted by Gasteiger charge is 2.47. The van der Waals surface area contributed by atoms with Gasteiger partial charge in [0.2, 0.25) is 0 Å². The Bertz CT molecular complexity index is 830. The van der Waals surface area contributed by atoms with E-state index in [9.17, 15) is 9.59 Å². The Morgan fingerprint density at radius 1 is 1.14 bits per heavy atom. The Balaban J connectivity index is 1.37. The van der Waals surface area contributed by atoms with E-state index in [4.69, 9.17) is 9.15 Å². The van der Waals surface area contributed by atoms with Gasteiger partial charge in [-0.2, -0.15) is 0 Å². The smallest absolute Gasteiger partial charge is 0.321 e. The molecule has 2 aliphatic heterocycles. The minimum atomic E-state index is -0.249. The highest BCUT2D eigenvalue weighted by Crippen LogP contribution is 2.44. The lowest BCUT2D eigenvalue weighted by Crippen LogP contribution is -2.54. The maximum Gasteiger partial charge on any atom is 0.321 e. The van der Waals surface area contributed by atoms with Crippen molar-refractivity contribution < 1.29 is 18.7 Å². The molecule has 2 saturated heterocycles. The third-order valence-electron chi connectivity index (χ3n) is 5.33. The normalized spacial score (nSPS) is 18.3. The summed E-state index contributed by atoms with van der Waals surface area (Å²) in [6.45, 7) is 1.93. The van der Waals surface area contributed by atoms with Crippen LogP contribution in [0.5, 0.6) is 5.75 Å². The molecule has 2 aliphatic rings. The number of hydrogen-bond acceptors (Lipinski definition) is 5. The van der Waals surface area contributed by atoms with Crippen LogP contribution < -0.4 is 10.1 Å². The number of urea groups is 1. The molecule has 7 nitrogen and oxygen atoms in total. The van der Waals surface area contributed by atoms with Gasteiger partial charge < -0.3 is 24.3 Å². The molecule has 1 aromatic heterocycles. The van der Waals surface area contributed by atoms with E-state index in [0.29, 0.717) is 25.4 Å². The number of likely N-dealkylation sites (tertiary alicyclic amines) is 1. The number of piperidine rings is 1. The monoisotopic (exact) mass is 401 g/mol. The topological polar surface area (TPSA) is 75.0 Å². The number of carbonyl (C=O) groups excluding carboxylic acids is 2. The summed E-state index contributed by atoms with van der Waals surface area (Å²) in [5.41, 5.74) is 0.732. The molecule has 148 valence electrons. The Hall–Kier alpha value is -2.61. The van der Waals surface area contributed by atoms with Gasteiger partial charge >= 0.3 is 6.03 Å². The van der Waals surface area contributed by atoms with Gasteiger partial charge in [-0.25, -0.2) is 4.79 Å². The summed E-state index contributed by atoms with van der Waals surface area (Å²) in [6.07, 6.45) is 3.02. The van der Waals surface area contributed by atoms with Gasteiger partial charge in [-0.15, -0.1) is 11.8 Å². The van der Waals surface area contributed by atoms with E-state index in [1.807, 2.05) is 45.8 Å². The molecule has 1 N–H and O–H groups in total. The molecule has 3 amide bonds. The number of hydrogen-bond donors (Lipinski definition) is 1. The summed E-state index contributed by atoms with van der Waals surface area (Å²) in [5, 5.41) is 2.93. The van der Waals surface area contributed by atoms with Gasteiger partial charge in [-0.05, 0) is 49.2 Å². The van der Waals surface area contributed by atoms with Crippen LogP contribution in [0.3, 0.4) is 0 Å². The number of methoxy groups -OCH3 is 1. The summed E-state index contributed by atoms with van der Waals surface area (Å²) in [7, 11) is 1.61. The molecule has 0 unspecified atom stereocenters. The Kier molecular flexibility index (Phi) is 5.21. The van der Waals surface area contributed by atoms with Crippen LogP contribution in [-0.2, 0) is 0 Å². The van der Waals surface area contributed by atoms with E-state index < -0.39 is 0 Å². The fourth-order valence-corrected chi connectivity index (χ4v) is 5.23. The first kappa shape index (κ1) is 18.7. The molecule has 4 rings (SSSR count). The average Bonchev–Trinajstić information content (AvgIpc) is 3.39. The second kappa shape index (κ2) is 7.79. The van der Waals surface area contributed by atoms with E-state index in [0.717, 1.165) is 30.0 Å². The van der Waals surface area contributed by atoms with Gasteiger partial charge in [0.05, 0.1) is 18.2 Å². The predicted octanol–water partition coefficient (Wildman–Crippen LogP) is 3.50. The summed E-state index contributed by atoms with van der Waals surface area (Å²) < 4.78 is 10.4. The third kappa shape index (κ3) is 3.56. The summed E-state index contributed by atoms with van der Waals surface area (Å²) in [6, 6.07) is 10.6. The van der Waals surface area contributed by atoms with E-state index >= 15 is 0 Å². The van der Waals surface area contributed by atoms with Gasteiger partial charge in [0.15, 0.2) is 5.76 Å². The first-order chi connectivity index (χ1) is 13.6. The van der Waals surface area contributed by atoms with Crippen LogP contribution in [0, 0.1) is 0 Å². The quantitative estimate of drug-likeness (QED) is 0.852. The second-order valence-corrected chi connectivity index (χ2v) is 8.33. The molecule has 1 aromatic carbocycles. The first-order valence-corrected chi connectivity index (χ1v) is 10.3. The Morgan fingerprint density at radius 2 is 1.89 bits per heavy atom. The minimum Gasteiger partial charge on any atom is -0.497 e. The lowest BCUT2D eigenvalue weighted by Gasteiger charge is -2.43. The van der Waals surface area contributed by atoms with Crippen molar-refractivity contribution in [1.82, 2.24) is 9.80 Å². The molecule has 2 fully saturated rings. The highest BCUT2D eigenvalue weighted by atomic mass is 32.2. The van der Waals surface area contributed by atoms with Crippen molar-refractivity contribution >= 4 is 29.4 Å². The molecule has 2 aromatic rings. The molecule has 0 saturated carbocycles. The van der Waals surface area contributed by atoms with Crippen molar-refractivity contribution in [3.05, 3.63) is 48.4 Å². The van der Waals surface area contributed by atoms with E-state index in [1.165, 1.54) is 6.26 Å². The van der Waals surface area contributed by atoms with E-state index in [-0.39, 0.29) is 16.8 Å². The van der Waals surface area contributed by atoms with Crippen LogP contribution >= 0.6 is 11.8 Å². The summed E-state index contributed by atoms with van der Waals surface area (Å²) in [4.78, 5) is 28.9. The van der Waals surface area contributed by atoms with E-state index in [2.05, 4.69) is 5.32 Å². The van der Waals surface area contributed by atoms with Crippen molar-refractivity contribution in [1.29, 1.82) is 0 Å². The number of thioether (sulfide) groups is 1. The SMILES string of the molecule is COc1ccc(NC(=O)N2CCC3(CC2)SCCN3C(=O)c2ccco2)cc1. The van der Waals surface area contributed by atoms with Crippen molar-refractivity contribution in [2.75, 3.05) is 37.8 Å². The van der Waals surface area contributed by atoms with Crippen molar-refractivity contribution in [2.45, 2.75) is 17.7 Å². The highest BCUT2D eigenvalue weighted by molar-refractivity contribution is 8.00. The lowest BCUT2D eigenvalue weighted by molar-refractivity contribution is 0.0554. The van der Waals surface area contributed by atoms with Crippen molar-refractivity contribution in [2.24, 2.45) is 0 Å². The summed E-state index contributed by atoms with van der Waals surface area (Å²) >= 11 is 1.81. The molecule has 0 bridgehead atoms. The minimum absolute atomic E-state index is 0.0638. The Morgan fingerprint density at radius 3 is 2.54 bits per heavy atom. The van der Waals surface area contributed by atoms with Crippen LogP contribution in [0.25, 0.3) is 0 Å². The summed E-state index contributed by atoms with van der Waals surface area (Å²) in [5.74, 6) is 1.97. The number of amides is 3. The number of benzene rings is 1. The van der Waals surface area contributed by atoms with Gasteiger partial charge in [-0.3, -0.25) is 4.79 Å². The number of anilines is 1. The number of nitrogens with zero attached hydrogens (tertiary/aromatic N) is 2. The maximum absolute atomic E-state index is 12.8. The van der Waals surface area contributed by atoms with Crippen molar-refractivity contribution in [3.63, 3.8) is 0 Å². The predicted molar refractivity (Wildman–Crippen MR) is 108 cm³/mol. The molecule has 8 heteroatoms. The Labute approximate surface area is 168 Å². The number of carbonyl (C=O) groups is 2. The van der Waals surface area contributed by atoms with Gasteiger partial charge in [0.25, 0.3) is 5.91 Å². The number of nitrogens with one attached hydrogen (secondary N) is 1. The lowest BCUT2D eigenvalue weighted by atomic mass is 10.0. The van der Waals surface area contributed by atoms with Crippen LogP contribution in [0.1, 0.15) is 23.4 Å². The zero-order chi connectivity index (χ0) is 19.6. The molecule has 28 heavy (non-hydrogen) atoms. The van der Waals surface area contributed by atoms with Crippen LogP contribution in [0.4, 0.5) is 10.5 Å². The van der Waals surface area contributed by atoms with E-state index in [1.54, 1.807) is 19.2 Å². The zero-order valence-corrected chi connectivity index (χ0v) is 16.5. The molecule has 3 heterocycles. The first-order valence-electron chi connectivity index (χ1n) is 9.31. The maximum atomic E-state index is 12.8. The van der Waals surface area contributed by atoms with Crippen LogP contribution in [0.2, 0.25) is 0 Å². The van der Waals surface area contributed by atoms with Gasteiger partial charge in [0.1, 0.15) is 5.75 Å². The second-order valence-electron chi connectivity index (χ2n) is 6.87. The molecule has 0 atom stereocenters. The van der Waals surface area contributed by atoms with Crippen molar-refractivity contribution in [3.8, 4) is 5.75 Å². The largest absolute Gasteiger partial charge is 0.497 e.